The van der Waals surface area contributed by atoms with Crippen molar-refractivity contribution in [1.82, 2.24) is 14.5 Å². The van der Waals surface area contributed by atoms with Gasteiger partial charge in [-0.15, -0.1) is 0 Å². The van der Waals surface area contributed by atoms with Crippen LogP contribution in [0.25, 0.3) is 0 Å². The number of anilines is 2. The molecule has 3 N–H and O–H groups in total. The number of rotatable bonds is 9. The summed E-state index contributed by atoms with van der Waals surface area (Å²) >= 11 is 1.51. The zero-order chi connectivity index (χ0) is 43.2. The van der Waals surface area contributed by atoms with E-state index in [-0.39, 0.29) is 70.9 Å². The molecule has 0 saturated heterocycles. The molecule has 25 heteroatoms. The first-order valence-electron chi connectivity index (χ1n) is 16.8. The van der Waals surface area contributed by atoms with Gasteiger partial charge in [0.2, 0.25) is 0 Å². The number of hydrogen-bond acceptors (Lipinski definition) is 18. The Morgan fingerprint density at radius 3 is 1.62 bits per heavy atom. The minimum atomic E-state index is -0.583. The van der Waals surface area contributed by atoms with Gasteiger partial charge in [0.15, 0.2) is 11.6 Å². The van der Waals surface area contributed by atoms with Crippen molar-refractivity contribution in [2.45, 2.75) is 0 Å². The first-order chi connectivity index (χ1) is 28.8. The van der Waals surface area contributed by atoms with Crippen molar-refractivity contribution >= 4 is 78.7 Å². The first kappa shape index (κ1) is 46.0. The zero-order valence-corrected chi connectivity index (χ0v) is 34.3. The van der Waals surface area contributed by atoms with Crippen LogP contribution in [0.4, 0.5) is 33.0 Å². The Balaban J connectivity index is 0.000000203. The predicted octanol–water partition coefficient (Wildman–Crippen LogP) is 4.92. The second kappa shape index (κ2) is 21.9. The number of aliphatic hydroxyl groups is 2. The second-order valence-electron chi connectivity index (χ2n) is 11.6. The van der Waals surface area contributed by atoms with Crippen molar-refractivity contribution in [1.29, 1.82) is 0 Å². The van der Waals surface area contributed by atoms with Crippen molar-refractivity contribution in [3.63, 3.8) is 0 Å². The molecular weight excluding hydrogens is 882 g/mol. The van der Waals surface area contributed by atoms with Crippen LogP contribution in [0.2, 0.25) is 0 Å². The molecule has 61 heavy (non-hydrogen) atoms. The molecule has 0 saturated carbocycles. The molecular formula is C36H30CoN13O9S2-. The van der Waals surface area contributed by atoms with Gasteiger partial charge >= 0.3 is 16.0 Å². The number of aromatic nitrogens is 4. The Bertz CT molecular complexity index is 2640. The normalized spacial score (nSPS) is 15.1. The summed E-state index contributed by atoms with van der Waals surface area (Å²) in [5, 5.41) is 65.8. The predicted molar refractivity (Wildman–Crippen MR) is 218 cm³/mol. The van der Waals surface area contributed by atoms with E-state index < -0.39 is 9.85 Å². The SMILES string of the molecule is COc1ccc(Nc2ccc(N=Nc3n(C)cc[n+]3C)cc2)cc1.O=C1C=CC(=NN=c2[n-]cc([N+](=O)[O-])s2)C(O)=C1.O=C1C=CC(=NN=c2[n-]cc([N+](=O)[O-])s2)C(O)=C1.[Co]. The van der Waals surface area contributed by atoms with Crippen molar-refractivity contribution in [2.75, 3.05) is 12.4 Å². The molecule has 0 unspecified atom stereocenters. The van der Waals surface area contributed by atoms with Gasteiger partial charge in [-0.05, 0) is 72.8 Å². The Morgan fingerprint density at radius 1 is 0.754 bits per heavy atom. The van der Waals surface area contributed by atoms with Gasteiger partial charge in [0.25, 0.3) is 0 Å². The van der Waals surface area contributed by atoms with Gasteiger partial charge in [0.05, 0.1) is 43.4 Å². The number of carbonyl (C=O) groups excluding carboxylic acids is 2. The molecule has 0 aliphatic heterocycles. The van der Waals surface area contributed by atoms with Gasteiger partial charge in [-0.25, -0.2) is 9.13 Å². The van der Waals surface area contributed by atoms with Crippen LogP contribution in [0.1, 0.15) is 0 Å². The number of methoxy groups -OCH3 is 1. The van der Waals surface area contributed by atoms with Gasteiger partial charge in [-0.1, -0.05) is 27.8 Å². The van der Waals surface area contributed by atoms with Crippen LogP contribution in [0, 0.1) is 20.2 Å². The quantitative estimate of drug-likeness (QED) is 0.0584. The number of azo groups is 1. The Morgan fingerprint density at radius 2 is 1.23 bits per heavy atom. The molecule has 2 aromatic carbocycles. The number of carbonyl (C=O) groups is 2. The summed E-state index contributed by atoms with van der Waals surface area (Å²) < 4.78 is 8.99. The number of hydrogen-bond donors (Lipinski definition) is 3. The number of benzene rings is 2. The molecule has 3 aromatic heterocycles. The third-order valence-electron chi connectivity index (χ3n) is 7.35. The van der Waals surface area contributed by atoms with E-state index in [9.17, 15) is 40.0 Å². The molecule has 3 heterocycles. The molecule has 0 spiro atoms. The minimum absolute atomic E-state index is 0. The van der Waals surface area contributed by atoms with Crippen molar-refractivity contribution < 1.29 is 55.7 Å². The van der Waals surface area contributed by atoms with E-state index in [0.29, 0.717) is 0 Å². The number of allylic oxidation sites excluding steroid dienone is 6. The van der Waals surface area contributed by atoms with E-state index in [1.54, 1.807) is 7.11 Å². The third-order valence-corrected chi connectivity index (χ3v) is 9.02. The largest absolute Gasteiger partial charge is 0.506 e. The van der Waals surface area contributed by atoms with E-state index in [1.807, 2.05) is 84.2 Å². The van der Waals surface area contributed by atoms with Crippen LogP contribution in [-0.4, -0.2) is 54.7 Å². The average molecular weight is 912 g/mol. The van der Waals surface area contributed by atoms with Gasteiger partial charge in [-0.2, -0.15) is 0 Å². The number of nitrogens with one attached hydrogen (secondary N) is 1. The smallest absolute Gasteiger partial charge is 0.421 e. The summed E-state index contributed by atoms with van der Waals surface area (Å²) in [6.07, 6.45) is 13.0. The van der Waals surface area contributed by atoms with E-state index >= 15 is 0 Å². The average Bonchev–Trinajstić information content (AvgIpc) is 3.99. The van der Waals surface area contributed by atoms with Crippen molar-refractivity contribution in [3.8, 4) is 5.75 Å². The summed E-state index contributed by atoms with van der Waals surface area (Å²) in [5.74, 6) is 0.308. The second-order valence-corrected chi connectivity index (χ2v) is 13.6. The molecule has 5 aromatic rings. The summed E-state index contributed by atoms with van der Waals surface area (Å²) in [4.78, 5) is 48.9. The summed E-state index contributed by atoms with van der Waals surface area (Å²) in [5.41, 5.74) is 2.97. The van der Waals surface area contributed by atoms with Crippen LogP contribution in [0.5, 0.6) is 5.75 Å². The Labute approximate surface area is 361 Å². The Hall–Kier alpha value is -7.74. The number of thiazole rings is 2. The van der Waals surface area contributed by atoms with Crippen molar-refractivity contribution in [3.05, 3.63) is 151 Å². The maximum absolute atomic E-state index is 10.9. The number of ketones is 2. The van der Waals surface area contributed by atoms with E-state index in [0.717, 1.165) is 76.0 Å². The van der Waals surface area contributed by atoms with Gasteiger partial charge in [0, 0.05) is 67.4 Å². The van der Waals surface area contributed by atoms with Crippen LogP contribution in [-0.2, 0) is 40.5 Å². The fraction of sp³-hybridized carbons (Fsp3) is 0.0833. The molecule has 315 valence electrons. The maximum Gasteiger partial charge on any atom is 0.421 e. The van der Waals surface area contributed by atoms with Gasteiger partial charge in [0.1, 0.15) is 34.4 Å². The molecule has 0 amide bonds. The van der Waals surface area contributed by atoms with E-state index in [1.165, 1.54) is 24.3 Å². The standard InChI is InChI=1S/C18H19N5O.2C9H6N4O4S.Co/c1-22-12-13-23(2)18(22)21-20-16-6-4-14(5-7-16)19-15-8-10-17(24-3)11-9-15;2*14-5-1-2-6(7(15)3-5)11-12-9-10-4-8(18-9)13(16)17;/h4-13H,1-3H3;2*1-4H,(H2,10,12,14,15);/p-1. The van der Waals surface area contributed by atoms with E-state index in [4.69, 9.17) is 4.74 Å². The number of nitrogens with zero attached hydrogens (tertiary/aromatic N) is 12. The van der Waals surface area contributed by atoms with Gasteiger partial charge < -0.3 is 40.4 Å². The number of aryl methyl sites for hydroxylation is 2. The number of imidazole rings is 1. The number of ether oxygens (including phenoxy) is 1. The summed E-state index contributed by atoms with van der Waals surface area (Å²) in [7, 11) is 5.54. The maximum atomic E-state index is 10.9. The first-order valence-corrected chi connectivity index (χ1v) is 18.4. The number of nitro groups is 2. The number of aliphatic hydroxyl groups excluding tert-OH is 2. The van der Waals surface area contributed by atoms with E-state index in [2.05, 4.69) is 45.9 Å². The Kier molecular flexibility index (Phi) is 16.5. The fourth-order valence-corrected chi connectivity index (χ4v) is 5.53. The topological polar surface area (TPSA) is 293 Å². The van der Waals surface area contributed by atoms with Crippen LogP contribution < -0.4 is 34.2 Å². The summed E-state index contributed by atoms with van der Waals surface area (Å²) in [6.45, 7) is 0. The molecule has 2 aliphatic carbocycles. The van der Waals surface area contributed by atoms with Gasteiger partial charge in [-0.3, -0.25) is 40.0 Å². The monoisotopic (exact) mass is 911 g/mol. The molecule has 0 atom stereocenters. The minimum Gasteiger partial charge on any atom is -0.506 e. The van der Waals surface area contributed by atoms with Crippen LogP contribution in [0.3, 0.4) is 0 Å². The molecule has 7 rings (SSSR count). The molecule has 0 fully saturated rings. The molecule has 2 aliphatic rings. The fourth-order valence-electron chi connectivity index (χ4n) is 4.42. The van der Waals surface area contributed by atoms with Crippen LogP contribution >= 0.6 is 22.7 Å². The molecule has 22 nitrogen and oxygen atoms in total. The van der Waals surface area contributed by atoms with Crippen LogP contribution in [0.15, 0.2) is 152 Å². The molecule has 1 radical (unpaired) electrons. The molecule has 0 bridgehead atoms. The third kappa shape index (κ3) is 13.7. The summed E-state index contributed by atoms with van der Waals surface area (Å²) in [6, 6.07) is 15.6. The van der Waals surface area contributed by atoms with Crippen molar-refractivity contribution in [2.24, 2.45) is 44.7 Å². The zero-order valence-electron chi connectivity index (χ0n) is 31.7.